The van der Waals surface area contributed by atoms with E-state index in [1.807, 2.05) is 28.9 Å². The van der Waals surface area contributed by atoms with Gasteiger partial charge in [-0.2, -0.15) is 10.1 Å². The lowest BCUT2D eigenvalue weighted by Crippen LogP contribution is -2.39. The molecule has 0 unspecified atom stereocenters. The van der Waals surface area contributed by atoms with Gasteiger partial charge < -0.3 is 9.64 Å². The smallest absolute Gasteiger partial charge is 0.228 e. The van der Waals surface area contributed by atoms with Gasteiger partial charge in [0.15, 0.2) is 5.65 Å². The lowest BCUT2D eigenvalue weighted by atomic mass is 10.1. The number of nitrogens with zero attached hydrogens (tertiary/aromatic N) is 7. The van der Waals surface area contributed by atoms with Crippen LogP contribution >= 0.6 is 0 Å². The van der Waals surface area contributed by atoms with Gasteiger partial charge in [0.25, 0.3) is 0 Å². The van der Waals surface area contributed by atoms with Crippen LogP contribution in [0.15, 0.2) is 36.8 Å². The molecule has 0 N–H and O–H groups in total. The molecule has 1 aliphatic heterocycles. The fourth-order valence-corrected chi connectivity index (χ4v) is 4.08. The van der Waals surface area contributed by atoms with Crippen LogP contribution in [0.25, 0.3) is 22.4 Å². The largest absolute Gasteiger partial charge is 0.370 e. The highest BCUT2D eigenvalue weighted by Crippen LogP contribution is 2.35. The standard InChI is InChI=1S/C23H21F2N7O/c1-13-9-26-21-20(17-5-2-15(24)8-18(17)25)29-23(30-22(21)28-13)31-6-7-33-19(12-31)14-10-27-32(11-14)16-3-4-16/h2,5,8-11,16,19H,3-4,6-7,12H2,1H3/t19-/m1/s1. The molecular formula is C23H21F2N7O. The van der Waals surface area contributed by atoms with Crippen LogP contribution in [0.4, 0.5) is 14.7 Å². The van der Waals surface area contributed by atoms with E-state index < -0.39 is 11.6 Å². The first-order chi connectivity index (χ1) is 16.0. The Morgan fingerprint density at radius 2 is 1.97 bits per heavy atom. The molecule has 1 saturated heterocycles. The van der Waals surface area contributed by atoms with Gasteiger partial charge in [0, 0.05) is 36.1 Å². The summed E-state index contributed by atoms with van der Waals surface area (Å²) in [6.45, 7) is 3.39. The highest BCUT2D eigenvalue weighted by molar-refractivity contribution is 5.88. The molecule has 0 amide bonds. The highest BCUT2D eigenvalue weighted by Gasteiger charge is 2.29. The minimum Gasteiger partial charge on any atom is -0.370 e. The molecule has 0 radical (unpaired) electrons. The van der Waals surface area contributed by atoms with Crippen molar-refractivity contribution in [2.45, 2.75) is 31.9 Å². The van der Waals surface area contributed by atoms with Gasteiger partial charge in [0.2, 0.25) is 5.95 Å². The highest BCUT2D eigenvalue weighted by atomic mass is 19.1. The summed E-state index contributed by atoms with van der Waals surface area (Å²) in [4.78, 5) is 20.2. The molecule has 33 heavy (non-hydrogen) atoms. The van der Waals surface area contributed by atoms with Gasteiger partial charge in [0.1, 0.15) is 28.9 Å². The van der Waals surface area contributed by atoms with Gasteiger partial charge in [-0.25, -0.2) is 23.7 Å². The SMILES string of the molecule is Cc1cnc2c(-c3ccc(F)cc3F)nc(N3CCO[C@@H](c4cnn(C5CC5)c4)C3)nc2n1. The van der Waals surface area contributed by atoms with Crippen LogP contribution in [0.3, 0.4) is 0 Å². The molecule has 3 aromatic heterocycles. The summed E-state index contributed by atoms with van der Waals surface area (Å²) in [6, 6.07) is 3.91. The van der Waals surface area contributed by atoms with Crippen LogP contribution < -0.4 is 4.90 Å². The van der Waals surface area contributed by atoms with E-state index >= 15 is 0 Å². The number of hydrogen-bond acceptors (Lipinski definition) is 7. The minimum absolute atomic E-state index is 0.152. The Morgan fingerprint density at radius 3 is 2.79 bits per heavy atom. The van der Waals surface area contributed by atoms with E-state index in [1.54, 1.807) is 6.20 Å². The van der Waals surface area contributed by atoms with Gasteiger partial charge in [-0.1, -0.05) is 0 Å². The molecule has 1 aromatic carbocycles. The Balaban J connectivity index is 1.39. The Morgan fingerprint density at radius 1 is 1.09 bits per heavy atom. The molecule has 1 saturated carbocycles. The number of hydrogen-bond donors (Lipinski definition) is 0. The van der Waals surface area contributed by atoms with Crippen molar-refractivity contribution < 1.29 is 13.5 Å². The molecule has 10 heteroatoms. The zero-order valence-corrected chi connectivity index (χ0v) is 17.9. The van der Waals surface area contributed by atoms with E-state index in [1.165, 1.54) is 12.1 Å². The van der Waals surface area contributed by atoms with E-state index in [4.69, 9.17) is 4.74 Å². The summed E-state index contributed by atoms with van der Waals surface area (Å²) in [5, 5.41) is 4.47. The number of benzene rings is 1. The summed E-state index contributed by atoms with van der Waals surface area (Å²) in [7, 11) is 0. The second-order valence-corrected chi connectivity index (χ2v) is 8.47. The van der Waals surface area contributed by atoms with Crippen molar-refractivity contribution >= 4 is 17.1 Å². The van der Waals surface area contributed by atoms with Crippen LogP contribution in [0.1, 0.15) is 36.2 Å². The molecule has 1 atom stereocenters. The fourth-order valence-electron chi connectivity index (χ4n) is 4.08. The van der Waals surface area contributed by atoms with E-state index in [2.05, 4.69) is 25.0 Å². The average molecular weight is 449 g/mol. The van der Waals surface area contributed by atoms with Crippen molar-refractivity contribution in [2.24, 2.45) is 0 Å². The summed E-state index contributed by atoms with van der Waals surface area (Å²) in [5.41, 5.74) is 2.86. The second kappa shape index (κ2) is 7.80. The molecule has 4 aromatic rings. The number of halogens is 2. The Bertz CT molecular complexity index is 1350. The maximum absolute atomic E-state index is 14.7. The van der Waals surface area contributed by atoms with E-state index in [0.29, 0.717) is 48.5 Å². The number of anilines is 1. The van der Waals surface area contributed by atoms with Crippen LogP contribution in [0, 0.1) is 18.6 Å². The number of morpholine rings is 1. The van der Waals surface area contributed by atoms with Crippen molar-refractivity contribution in [3.63, 3.8) is 0 Å². The molecule has 4 heterocycles. The van der Waals surface area contributed by atoms with E-state index in [0.717, 1.165) is 24.5 Å². The molecule has 0 bridgehead atoms. The Kier molecular flexibility index (Phi) is 4.75. The summed E-state index contributed by atoms with van der Waals surface area (Å²) in [6.07, 6.45) is 7.61. The second-order valence-electron chi connectivity index (χ2n) is 8.47. The van der Waals surface area contributed by atoms with Crippen molar-refractivity contribution in [1.82, 2.24) is 29.7 Å². The van der Waals surface area contributed by atoms with Gasteiger partial charge in [-0.05, 0) is 31.9 Å². The number of fused-ring (bicyclic) bond motifs is 1. The molecule has 6 rings (SSSR count). The lowest BCUT2D eigenvalue weighted by Gasteiger charge is -2.32. The zero-order chi connectivity index (χ0) is 22.5. The third-order valence-electron chi connectivity index (χ3n) is 5.97. The van der Waals surface area contributed by atoms with Crippen molar-refractivity contribution in [1.29, 1.82) is 0 Å². The third kappa shape index (κ3) is 3.80. The third-order valence-corrected chi connectivity index (χ3v) is 5.97. The van der Waals surface area contributed by atoms with Crippen LogP contribution in [0.5, 0.6) is 0 Å². The van der Waals surface area contributed by atoms with E-state index in [9.17, 15) is 8.78 Å². The average Bonchev–Trinajstić information content (AvgIpc) is 3.54. The number of aryl methyl sites for hydroxylation is 1. The topological polar surface area (TPSA) is 81.9 Å². The van der Waals surface area contributed by atoms with Crippen LogP contribution in [-0.2, 0) is 4.74 Å². The molecule has 1 aliphatic carbocycles. The maximum Gasteiger partial charge on any atom is 0.228 e. The molecule has 2 fully saturated rings. The Hall–Kier alpha value is -3.53. The van der Waals surface area contributed by atoms with Crippen molar-refractivity contribution in [3.05, 3.63) is 59.7 Å². The maximum atomic E-state index is 14.7. The molecule has 8 nitrogen and oxygen atoms in total. The quantitative estimate of drug-likeness (QED) is 0.469. The number of aromatic nitrogens is 6. The number of rotatable bonds is 4. The normalized spacial score (nSPS) is 18.8. The molecule has 0 spiro atoms. The monoisotopic (exact) mass is 449 g/mol. The number of ether oxygens (including phenoxy) is 1. The molecule has 168 valence electrons. The van der Waals surface area contributed by atoms with Crippen molar-refractivity contribution in [2.75, 3.05) is 24.6 Å². The predicted molar refractivity (Wildman–Crippen MR) is 117 cm³/mol. The first kappa shape index (κ1) is 20.1. The Labute approximate surface area is 188 Å². The van der Waals surface area contributed by atoms with Crippen LogP contribution in [0.2, 0.25) is 0 Å². The van der Waals surface area contributed by atoms with Gasteiger partial charge in [-0.15, -0.1) is 0 Å². The first-order valence-corrected chi connectivity index (χ1v) is 10.9. The summed E-state index contributed by atoms with van der Waals surface area (Å²) in [5.74, 6) is -0.959. The van der Waals surface area contributed by atoms with Gasteiger partial charge in [0.05, 0.1) is 31.1 Å². The summed E-state index contributed by atoms with van der Waals surface area (Å²) >= 11 is 0. The fraction of sp³-hybridized carbons (Fsp3) is 0.348. The predicted octanol–water partition coefficient (Wildman–Crippen LogP) is 3.78. The lowest BCUT2D eigenvalue weighted by molar-refractivity contribution is 0.0392. The minimum atomic E-state index is -0.712. The van der Waals surface area contributed by atoms with Crippen LogP contribution in [-0.4, -0.2) is 49.4 Å². The van der Waals surface area contributed by atoms with Gasteiger partial charge >= 0.3 is 0 Å². The zero-order valence-electron chi connectivity index (χ0n) is 17.9. The molecular weight excluding hydrogens is 428 g/mol. The summed E-state index contributed by atoms with van der Waals surface area (Å²) < 4.78 is 36.2. The van der Waals surface area contributed by atoms with Crippen molar-refractivity contribution in [3.8, 4) is 11.3 Å². The molecule has 2 aliphatic rings. The van der Waals surface area contributed by atoms with E-state index in [-0.39, 0.29) is 17.4 Å². The first-order valence-electron chi connectivity index (χ1n) is 10.9. The van der Waals surface area contributed by atoms with Gasteiger partial charge in [-0.3, -0.25) is 4.68 Å².